The Kier molecular flexibility index (Phi) is 2.48. The van der Waals surface area contributed by atoms with E-state index >= 15 is 0 Å². The molecule has 1 unspecified atom stereocenters. The third kappa shape index (κ3) is 1.96. The summed E-state index contributed by atoms with van der Waals surface area (Å²) in [5, 5.41) is 4.56. The SMILES string of the molecule is CC(C)(O)C(F)(Cl)C(F)(F)F. The molecule has 1 nitrogen and oxygen atoms in total. The van der Waals surface area contributed by atoms with Crippen LogP contribution in [0.2, 0.25) is 0 Å². The summed E-state index contributed by atoms with van der Waals surface area (Å²) in [5.41, 5.74) is -2.65. The summed E-state index contributed by atoms with van der Waals surface area (Å²) in [6, 6.07) is 0. The Labute approximate surface area is 66.0 Å². The smallest absolute Gasteiger partial charge is 0.385 e. The van der Waals surface area contributed by atoms with E-state index in [-0.39, 0.29) is 0 Å². The van der Waals surface area contributed by atoms with Gasteiger partial charge in [0.1, 0.15) is 5.60 Å². The van der Waals surface area contributed by atoms with Crippen LogP contribution in [0.4, 0.5) is 17.6 Å². The van der Waals surface area contributed by atoms with Crippen LogP contribution in [0.1, 0.15) is 13.8 Å². The van der Waals surface area contributed by atoms with Gasteiger partial charge < -0.3 is 5.11 Å². The Hall–Kier alpha value is -0.0300. The van der Waals surface area contributed by atoms with Crippen molar-refractivity contribution in [3.63, 3.8) is 0 Å². The Morgan fingerprint density at radius 2 is 1.36 bits per heavy atom. The molecule has 0 aromatic carbocycles. The normalized spacial score (nSPS) is 19.6. The first-order valence-corrected chi connectivity index (χ1v) is 3.05. The second-order valence-corrected chi connectivity index (χ2v) is 3.15. The highest BCUT2D eigenvalue weighted by atomic mass is 35.5. The minimum Gasteiger partial charge on any atom is -0.385 e. The summed E-state index contributed by atoms with van der Waals surface area (Å²) in [7, 11) is 0. The fourth-order valence-corrected chi connectivity index (χ4v) is 0.347. The maximum Gasteiger partial charge on any atom is 0.439 e. The van der Waals surface area contributed by atoms with Crippen molar-refractivity contribution in [3.8, 4) is 0 Å². The average Bonchev–Trinajstić information content (AvgIpc) is 1.58. The lowest BCUT2D eigenvalue weighted by molar-refractivity contribution is -0.244. The fraction of sp³-hybridized carbons (Fsp3) is 1.00. The first kappa shape index (κ1) is 11.0. The van der Waals surface area contributed by atoms with Gasteiger partial charge in [-0.05, 0) is 13.8 Å². The number of hydrogen-bond donors (Lipinski definition) is 1. The molecule has 0 heterocycles. The molecule has 0 aliphatic rings. The molecular weight excluding hydrogens is 187 g/mol. The topological polar surface area (TPSA) is 20.2 Å². The van der Waals surface area contributed by atoms with Gasteiger partial charge in [-0.25, -0.2) is 4.39 Å². The van der Waals surface area contributed by atoms with Gasteiger partial charge in [-0.2, -0.15) is 13.2 Å². The molecule has 0 amide bonds. The van der Waals surface area contributed by atoms with E-state index in [1.54, 1.807) is 0 Å². The molecular formula is C5H7ClF4O. The van der Waals surface area contributed by atoms with Crippen LogP contribution in [0, 0.1) is 0 Å². The lowest BCUT2D eigenvalue weighted by Crippen LogP contribution is -2.52. The van der Waals surface area contributed by atoms with Gasteiger partial charge in [-0.1, -0.05) is 11.6 Å². The zero-order chi connectivity index (χ0) is 9.50. The maximum absolute atomic E-state index is 12.5. The zero-order valence-corrected chi connectivity index (χ0v) is 6.59. The van der Waals surface area contributed by atoms with Gasteiger partial charge in [-0.3, -0.25) is 0 Å². The Balaban J connectivity index is 4.75. The van der Waals surface area contributed by atoms with Crippen LogP contribution in [0.25, 0.3) is 0 Å². The van der Waals surface area contributed by atoms with Crippen LogP contribution in [0.3, 0.4) is 0 Å². The molecule has 0 fully saturated rings. The van der Waals surface area contributed by atoms with E-state index in [1.807, 2.05) is 0 Å². The maximum atomic E-state index is 12.5. The van der Waals surface area contributed by atoms with Crippen molar-refractivity contribution in [2.24, 2.45) is 0 Å². The first-order valence-electron chi connectivity index (χ1n) is 2.67. The van der Waals surface area contributed by atoms with Crippen molar-refractivity contribution in [3.05, 3.63) is 0 Å². The number of rotatable bonds is 1. The Bertz CT molecular complexity index is 130. The highest BCUT2D eigenvalue weighted by Gasteiger charge is 2.63. The largest absolute Gasteiger partial charge is 0.439 e. The summed E-state index contributed by atoms with van der Waals surface area (Å²) < 4.78 is 47.5. The van der Waals surface area contributed by atoms with Gasteiger partial charge in [0.15, 0.2) is 0 Å². The van der Waals surface area contributed by atoms with Gasteiger partial charge in [0.25, 0.3) is 0 Å². The van der Waals surface area contributed by atoms with Crippen LogP contribution in [-0.4, -0.2) is 22.0 Å². The summed E-state index contributed by atoms with van der Waals surface area (Å²) >= 11 is 4.45. The molecule has 0 radical (unpaired) electrons. The third-order valence-corrected chi connectivity index (χ3v) is 1.80. The number of hydrogen-bond acceptors (Lipinski definition) is 1. The molecule has 1 atom stereocenters. The predicted molar refractivity (Wildman–Crippen MR) is 32.0 cm³/mol. The monoisotopic (exact) mass is 194 g/mol. The molecule has 0 aliphatic carbocycles. The molecule has 6 heteroatoms. The summed E-state index contributed by atoms with van der Waals surface area (Å²) in [5.74, 6) is 0. The molecule has 0 bridgehead atoms. The van der Waals surface area contributed by atoms with Gasteiger partial charge in [0.2, 0.25) is 0 Å². The van der Waals surface area contributed by atoms with Gasteiger partial charge >= 0.3 is 11.3 Å². The van der Waals surface area contributed by atoms with Crippen molar-refractivity contribution in [2.45, 2.75) is 30.8 Å². The van der Waals surface area contributed by atoms with E-state index in [0.29, 0.717) is 13.8 Å². The van der Waals surface area contributed by atoms with Crippen LogP contribution < -0.4 is 0 Å². The van der Waals surface area contributed by atoms with Crippen molar-refractivity contribution < 1.29 is 22.7 Å². The predicted octanol–water partition coefficient (Wildman–Crippen LogP) is 2.22. The molecule has 0 aromatic heterocycles. The minimum atomic E-state index is -5.27. The van der Waals surface area contributed by atoms with Crippen molar-refractivity contribution in [1.82, 2.24) is 0 Å². The Morgan fingerprint density at radius 1 is 1.09 bits per heavy atom. The molecule has 0 saturated carbocycles. The zero-order valence-electron chi connectivity index (χ0n) is 5.84. The highest BCUT2D eigenvalue weighted by molar-refractivity contribution is 6.24. The van der Waals surface area contributed by atoms with Crippen LogP contribution in [0.5, 0.6) is 0 Å². The lowest BCUT2D eigenvalue weighted by atomic mass is 10.0. The molecule has 0 aromatic rings. The van der Waals surface area contributed by atoms with Gasteiger partial charge in [-0.15, -0.1) is 0 Å². The number of halogens is 5. The fourth-order valence-electron chi connectivity index (χ4n) is 0.347. The molecule has 0 spiro atoms. The van der Waals surface area contributed by atoms with Crippen molar-refractivity contribution >= 4 is 11.6 Å². The van der Waals surface area contributed by atoms with Gasteiger partial charge in [0.05, 0.1) is 0 Å². The second kappa shape index (κ2) is 2.48. The summed E-state index contributed by atoms with van der Waals surface area (Å²) in [6.07, 6.45) is -5.27. The van der Waals surface area contributed by atoms with Crippen LogP contribution in [0.15, 0.2) is 0 Å². The summed E-state index contributed by atoms with van der Waals surface area (Å²) in [4.78, 5) is 0. The summed E-state index contributed by atoms with van der Waals surface area (Å²) in [6.45, 7) is 1.29. The number of alkyl halides is 5. The van der Waals surface area contributed by atoms with E-state index < -0.39 is 16.9 Å². The van der Waals surface area contributed by atoms with E-state index in [9.17, 15) is 17.6 Å². The van der Waals surface area contributed by atoms with Crippen LogP contribution >= 0.6 is 11.6 Å². The van der Waals surface area contributed by atoms with Crippen molar-refractivity contribution in [2.75, 3.05) is 0 Å². The molecule has 0 rings (SSSR count). The third-order valence-electron chi connectivity index (χ3n) is 1.12. The highest BCUT2D eigenvalue weighted by Crippen LogP contribution is 2.44. The standard InChI is InChI=1S/C5H7ClF4O/c1-3(2,11)4(6,7)5(8,9)10/h11H,1-2H3. The second-order valence-electron chi connectivity index (χ2n) is 2.63. The minimum absolute atomic E-state index is 0.646. The lowest BCUT2D eigenvalue weighted by Gasteiger charge is -2.31. The van der Waals surface area contributed by atoms with Gasteiger partial charge in [0, 0.05) is 0 Å². The molecule has 11 heavy (non-hydrogen) atoms. The average molecular weight is 195 g/mol. The van der Waals surface area contributed by atoms with E-state index in [0.717, 1.165) is 0 Å². The Morgan fingerprint density at radius 3 is 1.36 bits per heavy atom. The molecule has 68 valence electrons. The number of aliphatic hydroxyl groups is 1. The molecule has 0 saturated heterocycles. The van der Waals surface area contributed by atoms with E-state index in [4.69, 9.17) is 5.11 Å². The van der Waals surface area contributed by atoms with E-state index in [1.165, 1.54) is 0 Å². The quantitative estimate of drug-likeness (QED) is 0.501. The first-order chi connectivity index (χ1) is 4.50. The van der Waals surface area contributed by atoms with Crippen molar-refractivity contribution in [1.29, 1.82) is 0 Å². The molecule has 0 aliphatic heterocycles. The molecule has 1 N–H and O–H groups in total. The van der Waals surface area contributed by atoms with Crippen LogP contribution in [-0.2, 0) is 0 Å². The van der Waals surface area contributed by atoms with E-state index in [2.05, 4.69) is 11.6 Å².